The molecule has 0 radical (unpaired) electrons. The lowest BCUT2D eigenvalue weighted by Crippen LogP contribution is -2.36. The van der Waals surface area contributed by atoms with E-state index in [9.17, 15) is 4.79 Å². The number of aromatic nitrogens is 1. The van der Waals surface area contributed by atoms with E-state index in [0.717, 1.165) is 61.9 Å². The van der Waals surface area contributed by atoms with E-state index in [0.29, 0.717) is 5.69 Å². The van der Waals surface area contributed by atoms with Gasteiger partial charge in [-0.25, -0.2) is 4.98 Å². The Morgan fingerprint density at radius 3 is 2.77 bits per heavy atom. The van der Waals surface area contributed by atoms with E-state index in [1.165, 1.54) is 11.3 Å². The van der Waals surface area contributed by atoms with Crippen LogP contribution in [0, 0.1) is 0 Å². The van der Waals surface area contributed by atoms with Crippen molar-refractivity contribution in [3.8, 4) is 0 Å². The highest BCUT2D eigenvalue weighted by Gasteiger charge is 2.16. The van der Waals surface area contributed by atoms with E-state index in [4.69, 9.17) is 10.5 Å². The maximum Gasteiger partial charge on any atom is 0.275 e. The van der Waals surface area contributed by atoms with Crippen LogP contribution in [0.1, 0.15) is 47.7 Å². The van der Waals surface area contributed by atoms with Gasteiger partial charge in [0.15, 0.2) is 0 Å². The van der Waals surface area contributed by atoms with Gasteiger partial charge in [0.05, 0.1) is 19.3 Å². The topological polar surface area (TPSA) is 80.5 Å². The Morgan fingerprint density at radius 1 is 1.35 bits per heavy atom. The number of thiazole rings is 1. The molecule has 1 aliphatic rings. The fourth-order valence-electron chi connectivity index (χ4n) is 2.88. The lowest BCUT2D eigenvalue weighted by molar-refractivity contribution is 0.102. The molecule has 2 aromatic rings. The number of ether oxygens (including phenoxy) is 1. The number of nitrogens with one attached hydrogen (secondary N) is 1. The highest BCUT2D eigenvalue weighted by molar-refractivity contribution is 7.09. The van der Waals surface area contributed by atoms with Crippen LogP contribution >= 0.6 is 11.3 Å². The van der Waals surface area contributed by atoms with Crippen LogP contribution in [0.5, 0.6) is 0 Å². The number of anilines is 2. The van der Waals surface area contributed by atoms with Gasteiger partial charge in [-0.3, -0.25) is 4.79 Å². The number of unbranched alkanes of at least 4 members (excludes halogenated alkanes) is 1. The fraction of sp³-hybridized carbons (Fsp3) is 0.474. The number of amides is 1. The van der Waals surface area contributed by atoms with Gasteiger partial charge in [-0.15, -0.1) is 11.3 Å². The van der Waals surface area contributed by atoms with Gasteiger partial charge in [0.1, 0.15) is 10.7 Å². The number of rotatable bonds is 7. The predicted octanol–water partition coefficient (Wildman–Crippen LogP) is 3.42. The van der Waals surface area contributed by atoms with Crippen LogP contribution in [-0.4, -0.2) is 37.2 Å². The lowest BCUT2D eigenvalue weighted by Gasteiger charge is -2.28. The average Bonchev–Trinajstić information content (AvgIpc) is 3.18. The van der Waals surface area contributed by atoms with E-state index in [-0.39, 0.29) is 11.9 Å². The molecule has 0 spiro atoms. The molecule has 7 heteroatoms. The molecule has 0 aliphatic carbocycles. The summed E-state index contributed by atoms with van der Waals surface area (Å²) in [7, 11) is 0. The van der Waals surface area contributed by atoms with Crippen LogP contribution in [-0.2, 0) is 4.74 Å². The second-order valence-corrected chi connectivity index (χ2v) is 7.31. The smallest absolute Gasteiger partial charge is 0.275 e. The number of benzene rings is 1. The van der Waals surface area contributed by atoms with Gasteiger partial charge < -0.3 is 20.7 Å². The first kappa shape index (κ1) is 18.8. The quantitative estimate of drug-likeness (QED) is 0.776. The van der Waals surface area contributed by atoms with E-state index >= 15 is 0 Å². The van der Waals surface area contributed by atoms with E-state index < -0.39 is 0 Å². The maximum absolute atomic E-state index is 12.4. The molecule has 0 bridgehead atoms. The molecule has 1 aliphatic heterocycles. The lowest BCUT2D eigenvalue weighted by atomic mass is 10.1. The molecule has 1 aromatic heterocycles. The summed E-state index contributed by atoms with van der Waals surface area (Å²) < 4.78 is 5.37. The second-order valence-electron chi connectivity index (χ2n) is 6.42. The SMILES string of the molecule is CCCCC(N)c1nc(C(=O)Nc2ccc(N3CCOCC3)cc2)cs1. The molecule has 1 saturated heterocycles. The Hall–Kier alpha value is -1.96. The number of carbonyl (C=O) groups is 1. The minimum Gasteiger partial charge on any atom is -0.378 e. The molecule has 1 amide bonds. The predicted molar refractivity (Wildman–Crippen MR) is 106 cm³/mol. The minimum absolute atomic E-state index is 0.0886. The van der Waals surface area contributed by atoms with Gasteiger partial charge in [0.2, 0.25) is 0 Å². The summed E-state index contributed by atoms with van der Waals surface area (Å²) in [6.45, 7) is 5.44. The zero-order chi connectivity index (χ0) is 18.4. The second kappa shape index (κ2) is 9.12. The third-order valence-electron chi connectivity index (χ3n) is 4.44. The van der Waals surface area contributed by atoms with Crippen LogP contribution in [0.15, 0.2) is 29.6 Å². The van der Waals surface area contributed by atoms with Crippen molar-refractivity contribution in [2.75, 3.05) is 36.5 Å². The Labute approximate surface area is 158 Å². The molecule has 1 aromatic carbocycles. The Bertz CT molecular complexity index is 711. The van der Waals surface area contributed by atoms with Gasteiger partial charge in [-0.1, -0.05) is 19.8 Å². The first-order valence-corrected chi connectivity index (χ1v) is 10.0. The molecule has 3 rings (SSSR count). The fourth-order valence-corrected chi connectivity index (χ4v) is 3.72. The Kier molecular flexibility index (Phi) is 6.60. The molecule has 0 saturated carbocycles. The Morgan fingerprint density at radius 2 is 2.08 bits per heavy atom. The summed E-state index contributed by atoms with van der Waals surface area (Å²) in [6.07, 6.45) is 3.07. The summed E-state index contributed by atoms with van der Waals surface area (Å²) in [5.74, 6) is -0.200. The molecule has 3 N–H and O–H groups in total. The third-order valence-corrected chi connectivity index (χ3v) is 5.42. The van der Waals surface area contributed by atoms with Crippen molar-refractivity contribution in [3.63, 3.8) is 0 Å². The van der Waals surface area contributed by atoms with E-state index in [1.54, 1.807) is 5.38 Å². The van der Waals surface area contributed by atoms with Gasteiger partial charge in [-0.05, 0) is 30.7 Å². The minimum atomic E-state index is -0.200. The van der Waals surface area contributed by atoms with Crippen molar-refractivity contribution >= 4 is 28.6 Å². The van der Waals surface area contributed by atoms with Crippen LogP contribution < -0.4 is 16.0 Å². The van der Waals surface area contributed by atoms with Crippen LogP contribution in [0.4, 0.5) is 11.4 Å². The zero-order valence-electron chi connectivity index (χ0n) is 15.1. The van der Waals surface area contributed by atoms with Crippen molar-refractivity contribution in [2.45, 2.75) is 32.2 Å². The standard InChI is InChI=1S/C19H26N4O2S/c1-2-3-4-16(20)19-22-17(13-26-19)18(24)21-14-5-7-15(8-6-14)23-9-11-25-12-10-23/h5-8,13,16H,2-4,9-12,20H2,1H3,(H,21,24). The van der Waals surface area contributed by atoms with Crippen molar-refractivity contribution in [1.82, 2.24) is 4.98 Å². The first-order valence-electron chi connectivity index (χ1n) is 9.12. The summed E-state index contributed by atoms with van der Waals surface area (Å²) in [5, 5.41) is 5.51. The number of hydrogen-bond donors (Lipinski definition) is 2. The average molecular weight is 375 g/mol. The molecule has 1 fully saturated rings. The van der Waals surface area contributed by atoms with Gasteiger partial charge in [0.25, 0.3) is 5.91 Å². The molecule has 1 unspecified atom stereocenters. The van der Waals surface area contributed by atoms with Crippen LogP contribution in [0.25, 0.3) is 0 Å². The third kappa shape index (κ3) is 4.81. The number of carbonyl (C=O) groups excluding carboxylic acids is 1. The molecule has 140 valence electrons. The number of nitrogens with two attached hydrogens (primary N) is 1. The molecular formula is C19H26N4O2S. The molecule has 6 nitrogen and oxygen atoms in total. The summed E-state index contributed by atoms with van der Waals surface area (Å²) in [6, 6.07) is 7.79. The van der Waals surface area contributed by atoms with Crippen molar-refractivity contribution in [3.05, 3.63) is 40.3 Å². The summed E-state index contributed by atoms with van der Waals surface area (Å²) in [4.78, 5) is 19.1. The van der Waals surface area contributed by atoms with E-state index in [2.05, 4.69) is 22.1 Å². The Balaban J connectivity index is 1.58. The summed E-state index contributed by atoms with van der Waals surface area (Å²) in [5.41, 5.74) is 8.47. The number of morpholine rings is 1. The maximum atomic E-state index is 12.4. The van der Waals surface area contributed by atoms with E-state index in [1.807, 2.05) is 24.3 Å². The van der Waals surface area contributed by atoms with Crippen molar-refractivity contribution in [2.24, 2.45) is 5.73 Å². The molecule has 2 heterocycles. The van der Waals surface area contributed by atoms with Crippen molar-refractivity contribution in [1.29, 1.82) is 0 Å². The van der Waals surface area contributed by atoms with Gasteiger partial charge in [-0.2, -0.15) is 0 Å². The number of hydrogen-bond acceptors (Lipinski definition) is 6. The number of nitrogens with zero attached hydrogens (tertiary/aromatic N) is 2. The van der Waals surface area contributed by atoms with Crippen LogP contribution in [0.3, 0.4) is 0 Å². The van der Waals surface area contributed by atoms with Gasteiger partial charge >= 0.3 is 0 Å². The normalized spacial score (nSPS) is 15.7. The largest absolute Gasteiger partial charge is 0.378 e. The molecule has 26 heavy (non-hydrogen) atoms. The summed E-state index contributed by atoms with van der Waals surface area (Å²) >= 11 is 1.45. The van der Waals surface area contributed by atoms with Gasteiger partial charge in [0, 0.05) is 29.8 Å². The monoisotopic (exact) mass is 374 g/mol. The van der Waals surface area contributed by atoms with Crippen molar-refractivity contribution < 1.29 is 9.53 Å². The zero-order valence-corrected chi connectivity index (χ0v) is 15.9. The molecular weight excluding hydrogens is 348 g/mol. The molecule has 1 atom stereocenters. The first-order chi connectivity index (χ1) is 12.7. The van der Waals surface area contributed by atoms with Crippen LogP contribution in [0.2, 0.25) is 0 Å². The highest BCUT2D eigenvalue weighted by Crippen LogP contribution is 2.22. The highest BCUT2D eigenvalue weighted by atomic mass is 32.1.